The average molecular weight is 803 g/mol. The second-order valence-corrected chi connectivity index (χ2v) is 18.5. The predicted molar refractivity (Wildman–Crippen MR) is 216 cm³/mol. The van der Waals surface area contributed by atoms with Crippen LogP contribution >= 0.6 is 0 Å². The van der Waals surface area contributed by atoms with E-state index < -0.39 is 49.4 Å². The van der Waals surface area contributed by atoms with E-state index in [1.54, 1.807) is 66.8 Å². The average Bonchev–Trinajstić information content (AvgIpc) is 3.60. The molecule has 0 aliphatic heterocycles. The van der Waals surface area contributed by atoms with Gasteiger partial charge < -0.3 is 15.3 Å². The van der Waals surface area contributed by atoms with Gasteiger partial charge in [0, 0.05) is 44.0 Å². The molecule has 2 unspecified atom stereocenters. The van der Waals surface area contributed by atoms with E-state index in [1.807, 2.05) is 40.7 Å². The molecule has 3 aliphatic carbocycles. The predicted octanol–water partition coefficient (Wildman–Crippen LogP) is 4.64. The van der Waals surface area contributed by atoms with Gasteiger partial charge in [-0.3, -0.25) is 13.9 Å². The molecular weight excluding hydrogens is 757 g/mol. The zero-order chi connectivity index (χ0) is 40.7. The fourth-order valence-electron chi connectivity index (χ4n) is 8.97. The summed E-state index contributed by atoms with van der Waals surface area (Å²) < 4.78 is 73.6. The quantitative estimate of drug-likeness (QED) is 0.105. The fourth-order valence-corrected chi connectivity index (χ4v) is 10.6. The highest BCUT2D eigenvalue weighted by Crippen LogP contribution is 2.46. The van der Waals surface area contributed by atoms with Crippen LogP contribution in [-0.4, -0.2) is 61.3 Å². The number of nitrogens with zero attached hydrogens (tertiary/aromatic N) is 2. The van der Waals surface area contributed by atoms with E-state index in [2.05, 4.69) is 0 Å². The van der Waals surface area contributed by atoms with Crippen molar-refractivity contribution in [3.05, 3.63) is 104 Å². The van der Waals surface area contributed by atoms with Gasteiger partial charge in [0.25, 0.3) is 0 Å². The van der Waals surface area contributed by atoms with E-state index in [4.69, 9.17) is 0 Å². The maximum atomic E-state index is 12.8. The summed E-state index contributed by atoms with van der Waals surface area (Å²) in [5, 5.41) is 35.9. The van der Waals surface area contributed by atoms with Crippen LogP contribution in [0.25, 0.3) is 45.1 Å². The number of aromatic nitrogens is 2. The SMILES string of the molecule is CCC1=c2c(n(S(=O)(=O)O)c3ccccc23)=CC(C)(C)C1=CC1C(O)=C(C=C2C(CCCCCC(=O)O)=c3c(n(S(=O)(=O)O)c4ccccc34)=CC2(C)C)C1O. The molecule has 7 rings (SSSR count). The van der Waals surface area contributed by atoms with Crippen molar-refractivity contribution < 1.29 is 46.1 Å². The molecule has 56 heavy (non-hydrogen) atoms. The number of allylic oxidation sites excluding steroid dienone is 2. The third kappa shape index (κ3) is 6.46. The Balaban J connectivity index is 1.40. The van der Waals surface area contributed by atoms with E-state index in [-0.39, 0.29) is 12.2 Å². The zero-order valence-corrected chi connectivity index (χ0v) is 33.4. The molecule has 0 radical (unpaired) electrons. The van der Waals surface area contributed by atoms with Gasteiger partial charge in [-0.25, -0.2) is 7.94 Å². The Morgan fingerprint density at radius 2 is 1.27 bits per heavy atom. The van der Waals surface area contributed by atoms with E-state index in [0.29, 0.717) is 80.6 Å². The number of para-hydroxylation sites is 2. The largest absolute Gasteiger partial charge is 0.511 e. The molecule has 3 aliphatic rings. The highest BCUT2D eigenvalue weighted by atomic mass is 32.2. The molecule has 5 N–H and O–H groups in total. The first kappa shape index (κ1) is 39.5. The Bertz CT molecular complexity index is 2940. The number of carboxylic acids is 1. The lowest BCUT2D eigenvalue weighted by Crippen LogP contribution is -2.42. The van der Waals surface area contributed by atoms with Crippen LogP contribution < -0.4 is 21.1 Å². The molecule has 4 aromatic rings. The van der Waals surface area contributed by atoms with Crippen molar-refractivity contribution in [3.63, 3.8) is 0 Å². The summed E-state index contributed by atoms with van der Waals surface area (Å²) in [5.41, 5.74) is 2.44. The molecule has 2 heterocycles. The Morgan fingerprint density at radius 1 is 0.768 bits per heavy atom. The van der Waals surface area contributed by atoms with Crippen molar-refractivity contribution in [1.29, 1.82) is 0 Å². The molecular formula is C42H46N2O10S2. The van der Waals surface area contributed by atoms with Crippen molar-refractivity contribution in [2.45, 2.75) is 79.2 Å². The normalized spacial score (nSPS) is 21.9. The minimum atomic E-state index is -4.72. The summed E-state index contributed by atoms with van der Waals surface area (Å²) in [6.07, 6.45) is 8.61. The lowest BCUT2D eigenvalue weighted by atomic mass is 9.69. The third-order valence-corrected chi connectivity index (χ3v) is 13.1. The molecule has 0 fully saturated rings. The summed E-state index contributed by atoms with van der Waals surface area (Å²) >= 11 is 0. The van der Waals surface area contributed by atoms with Crippen LogP contribution in [0, 0.1) is 16.7 Å². The maximum Gasteiger partial charge on any atom is 0.364 e. The van der Waals surface area contributed by atoms with Crippen LogP contribution in [0.1, 0.15) is 73.1 Å². The summed E-state index contributed by atoms with van der Waals surface area (Å²) in [6.45, 7) is 9.56. The number of rotatable bonds is 11. The van der Waals surface area contributed by atoms with Gasteiger partial charge in [0.1, 0.15) is 5.76 Å². The van der Waals surface area contributed by atoms with Crippen LogP contribution in [0.3, 0.4) is 0 Å². The standard InChI is InChI=1S/C42H46N2O10S2/c1-6-24-30(41(2,3)22-34-37(24)26-15-10-12-17-32(26)43(34)55(49,50)51)20-28-39(47)29(40(28)48)21-31-25(14-8-7-9-19-36(45)46)38-27-16-11-13-18-33(27)44(56(52,53)54)35(38)23-42(31,4)5/h10-13,15-18,20-23,28,39,47-48H,6-9,14,19H2,1-5H3,(H,45,46)(H,49,50,51)(H,52,53,54). The number of carboxylic acid groups (broad SMARTS) is 1. The van der Waals surface area contributed by atoms with Gasteiger partial charge in [-0.15, -0.1) is 0 Å². The Kier molecular flexibility index (Phi) is 9.69. The Morgan fingerprint density at radius 3 is 1.75 bits per heavy atom. The zero-order valence-electron chi connectivity index (χ0n) is 31.8. The van der Waals surface area contributed by atoms with E-state index in [0.717, 1.165) is 30.2 Å². The molecule has 296 valence electrons. The second kappa shape index (κ2) is 13.7. The molecule has 0 bridgehead atoms. The number of aliphatic hydroxyl groups is 2. The molecule has 2 aromatic heterocycles. The first-order valence-electron chi connectivity index (χ1n) is 18.6. The van der Waals surface area contributed by atoms with Crippen molar-refractivity contribution in [1.82, 2.24) is 7.94 Å². The third-order valence-electron chi connectivity index (χ3n) is 11.4. The molecule has 14 heteroatoms. The number of aliphatic hydroxyl groups excluding tert-OH is 2. The molecule has 2 aromatic carbocycles. The Labute approximate surface area is 324 Å². The maximum absolute atomic E-state index is 12.8. The number of hydrogen-bond acceptors (Lipinski definition) is 7. The number of benzene rings is 2. The fraction of sp³-hybridized carbons (Fsp3) is 0.357. The number of hydrogen-bond donors (Lipinski definition) is 5. The Hall–Kier alpha value is -4.73. The highest BCUT2D eigenvalue weighted by Gasteiger charge is 2.42. The van der Waals surface area contributed by atoms with Crippen LogP contribution in [0.4, 0.5) is 0 Å². The van der Waals surface area contributed by atoms with Crippen LogP contribution in [-0.2, 0) is 25.4 Å². The van der Waals surface area contributed by atoms with Crippen molar-refractivity contribution in [3.8, 4) is 0 Å². The van der Waals surface area contributed by atoms with E-state index in [9.17, 15) is 46.1 Å². The highest BCUT2D eigenvalue weighted by molar-refractivity contribution is 7.84. The number of aliphatic carboxylic acids is 1. The summed E-state index contributed by atoms with van der Waals surface area (Å²) in [4.78, 5) is 11.2. The summed E-state index contributed by atoms with van der Waals surface area (Å²) in [7, 11) is -9.38. The molecule has 0 amide bonds. The number of unbranched alkanes of at least 4 members (excludes halogenated alkanes) is 2. The molecule has 0 spiro atoms. The van der Waals surface area contributed by atoms with Gasteiger partial charge in [0.2, 0.25) is 0 Å². The van der Waals surface area contributed by atoms with Gasteiger partial charge in [-0.2, -0.15) is 16.8 Å². The van der Waals surface area contributed by atoms with Gasteiger partial charge in [-0.05, 0) is 78.3 Å². The van der Waals surface area contributed by atoms with E-state index in [1.165, 1.54) is 0 Å². The van der Waals surface area contributed by atoms with Gasteiger partial charge in [0.05, 0.1) is 33.8 Å². The van der Waals surface area contributed by atoms with Crippen LogP contribution in [0.5, 0.6) is 0 Å². The van der Waals surface area contributed by atoms with Crippen molar-refractivity contribution >= 4 is 71.7 Å². The van der Waals surface area contributed by atoms with Crippen LogP contribution in [0.15, 0.2) is 83.2 Å². The number of carbonyl (C=O) groups is 1. The van der Waals surface area contributed by atoms with Gasteiger partial charge in [-0.1, -0.05) is 83.5 Å². The van der Waals surface area contributed by atoms with Gasteiger partial charge in [0.15, 0.2) is 0 Å². The topological polar surface area (TPSA) is 196 Å². The lowest BCUT2D eigenvalue weighted by molar-refractivity contribution is -0.137. The molecule has 0 saturated heterocycles. The van der Waals surface area contributed by atoms with Crippen LogP contribution in [0.2, 0.25) is 0 Å². The summed E-state index contributed by atoms with van der Waals surface area (Å²) in [5.74, 6) is -1.73. The first-order chi connectivity index (χ1) is 26.2. The number of fused-ring (bicyclic) bond motifs is 6. The van der Waals surface area contributed by atoms with Gasteiger partial charge >= 0.3 is 26.6 Å². The minimum Gasteiger partial charge on any atom is -0.511 e. The first-order valence-corrected chi connectivity index (χ1v) is 21.4. The summed E-state index contributed by atoms with van der Waals surface area (Å²) in [6, 6.07) is 13.8. The monoisotopic (exact) mass is 802 g/mol. The second-order valence-electron chi connectivity index (χ2n) is 16.0. The van der Waals surface area contributed by atoms with Crippen molar-refractivity contribution in [2.24, 2.45) is 16.7 Å². The lowest BCUT2D eigenvalue weighted by Gasteiger charge is -2.38. The molecule has 12 nitrogen and oxygen atoms in total. The minimum absolute atomic E-state index is 0.0180. The molecule has 0 saturated carbocycles. The smallest absolute Gasteiger partial charge is 0.364 e. The van der Waals surface area contributed by atoms with E-state index >= 15 is 0 Å². The van der Waals surface area contributed by atoms with Crippen molar-refractivity contribution in [2.75, 3.05) is 0 Å². The molecule has 2 atom stereocenters.